The van der Waals surface area contributed by atoms with Crippen molar-refractivity contribution in [2.24, 2.45) is 0 Å². The molecule has 0 bridgehead atoms. The predicted octanol–water partition coefficient (Wildman–Crippen LogP) is 3.08. The second-order valence-electron chi connectivity index (χ2n) is 4.77. The van der Waals surface area contributed by atoms with E-state index in [1.165, 1.54) is 36.6 Å². The molecule has 0 unspecified atom stereocenters. The zero-order chi connectivity index (χ0) is 13.0. The lowest BCUT2D eigenvalue weighted by atomic mass is 10.1. The highest BCUT2D eigenvalue weighted by Gasteiger charge is 2.12. The SMILES string of the molecule is Cc1cc(C=CC(=O)O)ccc1N1CCCCC1. The number of carboxylic acid groups (broad SMARTS) is 1. The summed E-state index contributed by atoms with van der Waals surface area (Å²) in [5.74, 6) is -0.909. The van der Waals surface area contributed by atoms with Gasteiger partial charge in [0.25, 0.3) is 0 Å². The molecule has 0 aromatic heterocycles. The summed E-state index contributed by atoms with van der Waals surface area (Å²) in [5.41, 5.74) is 3.43. The number of hydrogen-bond acceptors (Lipinski definition) is 2. The van der Waals surface area contributed by atoms with Crippen molar-refractivity contribution >= 4 is 17.7 Å². The number of aryl methyl sites for hydroxylation is 1. The van der Waals surface area contributed by atoms with Crippen LogP contribution in [0.15, 0.2) is 24.3 Å². The van der Waals surface area contributed by atoms with Gasteiger partial charge in [0.05, 0.1) is 0 Å². The summed E-state index contributed by atoms with van der Waals surface area (Å²) in [7, 11) is 0. The lowest BCUT2D eigenvalue weighted by Crippen LogP contribution is -2.29. The fraction of sp³-hybridized carbons (Fsp3) is 0.400. The number of rotatable bonds is 3. The monoisotopic (exact) mass is 245 g/mol. The molecular weight excluding hydrogens is 226 g/mol. The largest absolute Gasteiger partial charge is 0.478 e. The van der Waals surface area contributed by atoms with Gasteiger partial charge in [-0.3, -0.25) is 0 Å². The Morgan fingerprint density at radius 3 is 2.61 bits per heavy atom. The first kappa shape index (κ1) is 12.7. The third kappa shape index (κ3) is 3.13. The molecule has 1 aliphatic rings. The summed E-state index contributed by atoms with van der Waals surface area (Å²) >= 11 is 0. The average Bonchev–Trinajstić information content (AvgIpc) is 2.37. The molecule has 0 spiro atoms. The van der Waals surface area contributed by atoms with Crippen LogP contribution in [0.3, 0.4) is 0 Å². The first-order valence-electron chi connectivity index (χ1n) is 6.43. The highest BCUT2D eigenvalue weighted by Crippen LogP contribution is 2.25. The molecule has 1 aromatic rings. The molecule has 1 N–H and O–H groups in total. The highest BCUT2D eigenvalue weighted by molar-refractivity contribution is 5.85. The summed E-state index contributed by atoms with van der Waals surface area (Å²) in [5, 5.41) is 8.61. The smallest absolute Gasteiger partial charge is 0.328 e. The standard InChI is InChI=1S/C15H19NO2/c1-12-11-13(6-8-15(17)18)5-7-14(12)16-9-3-2-4-10-16/h5-8,11H,2-4,9-10H2,1H3,(H,17,18). The van der Waals surface area contributed by atoms with E-state index >= 15 is 0 Å². The van der Waals surface area contributed by atoms with Crippen molar-refractivity contribution in [3.63, 3.8) is 0 Å². The van der Waals surface area contributed by atoms with Crippen LogP contribution in [0.2, 0.25) is 0 Å². The van der Waals surface area contributed by atoms with Crippen LogP contribution in [0.1, 0.15) is 30.4 Å². The Morgan fingerprint density at radius 1 is 1.28 bits per heavy atom. The van der Waals surface area contributed by atoms with E-state index in [0.717, 1.165) is 18.7 Å². The molecule has 1 saturated heterocycles. The predicted molar refractivity (Wildman–Crippen MR) is 73.9 cm³/mol. The molecule has 1 fully saturated rings. The summed E-state index contributed by atoms with van der Waals surface area (Å²) < 4.78 is 0. The van der Waals surface area contributed by atoms with Crippen LogP contribution < -0.4 is 4.90 Å². The average molecular weight is 245 g/mol. The van der Waals surface area contributed by atoms with Gasteiger partial charge in [-0.05, 0) is 55.5 Å². The fourth-order valence-electron chi connectivity index (χ4n) is 2.44. The van der Waals surface area contributed by atoms with Crippen LogP contribution in [0.4, 0.5) is 5.69 Å². The second-order valence-corrected chi connectivity index (χ2v) is 4.77. The van der Waals surface area contributed by atoms with E-state index in [1.807, 2.05) is 12.1 Å². The van der Waals surface area contributed by atoms with Crippen molar-refractivity contribution in [1.82, 2.24) is 0 Å². The fourth-order valence-corrected chi connectivity index (χ4v) is 2.44. The summed E-state index contributed by atoms with van der Waals surface area (Å²) in [4.78, 5) is 12.9. The van der Waals surface area contributed by atoms with Crippen LogP contribution in [0, 0.1) is 6.92 Å². The van der Waals surface area contributed by atoms with Gasteiger partial charge in [-0.2, -0.15) is 0 Å². The molecule has 3 nitrogen and oxygen atoms in total. The molecule has 1 heterocycles. The number of nitrogens with zero attached hydrogens (tertiary/aromatic N) is 1. The maximum Gasteiger partial charge on any atom is 0.328 e. The summed E-state index contributed by atoms with van der Waals surface area (Å²) in [6.45, 7) is 4.35. The van der Waals surface area contributed by atoms with Gasteiger partial charge in [0.1, 0.15) is 0 Å². The van der Waals surface area contributed by atoms with Gasteiger partial charge in [-0.25, -0.2) is 4.79 Å². The summed E-state index contributed by atoms with van der Waals surface area (Å²) in [6.07, 6.45) is 6.67. The van der Waals surface area contributed by atoms with Crippen LogP contribution in [0.25, 0.3) is 6.08 Å². The zero-order valence-corrected chi connectivity index (χ0v) is 10.7. The van der Waals surface area contributed by atoms with Crippen molar-refractivity contribution in [3.05, 3.63) is 35.4 Å². The van der Waals surface area contributed by atoms with Crippen molar-refractivity contribution in [1.29, 1.82) is 0 Å². The molecule has 2 rings (SSSR count). The topological polar surface area (TPSA) is 40.5 Å². The van der Waals surface area contributed by atoms with E-state index in [4.69, 9.17) is 5.11 Å². The van der Waals surface area contributed by atoms with E-state index in [0.29, 0.717) is 0 Å². The number of aliphatic carboxylic acids is 1. The lowest BCUT2D eigenvalue weighted by molar-refractivity contribution is -0.131. The van der Waals surface area contributed by atoms with E-state index in [2.05, 4.69) is 17.9 Å². The van der Waals surface area contributed by atoms with Crippen molar-refractivity contribution in [2.45, 2.75) is 26.2 Å². The first-order chi connectivity index (χ1) is 8.66. The maximum atomic E-state index is 10.5. The minimum atomic E-state index is -0.909. The number of carbonyl (C=O) groups is 1. The van der Waals surface area contributed by atoms with Gasteiger partial charge < -0.3 is 10.0 Å². The Balaban J connectivity index is 2.16. The Kier molecular flexibility index (Phi) is 4.03. The van der Waals surface area contributed by atoms with E-state index < -0.39 is 5.97 Å². The number of carboxylic acids is 1. The molecule has 1 aliphatic heterocycles. The van der Waals surface area contributed by atoms with Crippen LogP contribution in [-0.2, 0) is 4.79 Å². The summed E-state index contributed by atoms with van der Waals surface area (Å²) in [6, 6.07) is 6.13. The van der Waals surface area contributed by atoms with Gasteiger partial charge in [-0.1, -0.05) is 6.07 Å². The van der Waals surface area contributed by atoms with E-state index in [9.17, 15) is 4.79 Å². The molecule has 0 atom stereocenters. The van der Waals surface area contributed by atoms with Crippen molar-refractivity contribution in [2.75, 3.05) is 18.0 Å². The maximum absolute atomic E-state index is 10.5. The molecule has 1 aromatic carbocycles. The quantitative estimate of drug-likeness (QED) is 0.832. The lowest BCUT2D eigenvalue weighted by Gasteiger charge is -2.30. The number of hydrogen-bond donors (Lipinski definition) is 1. The molecule has 0 aliphatic carbocycles. The second kappa shape index (κ2) is 5.71. The molecule has 18 heavy (non-hydrogen) atoms. The van der Waals surface area contributed by atoms with E-state index in [-0.39, 0.29) is 0 Å². The number of piperidine rings is 1. The van der Waals surface area contributed by atoms with Crippen LogP contribution in [-0.4, -0.2) is 24.2 Å². The first-order valence-corrected chi connectivity index (χ1v) is 6.43. The van der Waals surface area contributed by atoms with Gasteiger partial charge in [-0.15, -0.1) is 0 Å². The minimum absolute atomic E-state index is 0.909. The minimum Gasteiger partial charge on any atom is -0.478 e. The Hall–Kier alpha value is -1.77. The van der Waals surface area contributed by atoms with Gasteiger partial charge in [0, 0.05) is 24.9 Å². The normalized spacial score (nSPS) is 16.2. The van der Waals surface area contributed by atoms with Gasteiger partial charge in [0.2, 0.25) is 0 Å². The molecule has 0 saturated carbocycles. The Bertz CT molecular complexity index is 460. The van der Waals surface area contributed by atoms with Gasteiger partial charge >= 0.3 is 5.97 Å². The van der Waals surface area contributed by atoms with Gasteiger partial charge in [0.15, 0.2) is 0 Å². The Morgan fingerprint density at radius 2 is 2.00 bits per heavy atom. The van der Waals surface area contributed by atoms with Crippen LogP contribution in [0.5, 0.6) is 0 Å². The number of benzene rings is 1. The van der Waals surface area contributed by atoms with Crippen molar-refractivity contribution < 1.29 is 9.90 Å². The van der Waals surface area contributed by atoms with E-state index in [1.54, 1.807) is 6.08 Å². The molecular formula is C15H19NO2. The molecule has 3 heteroatoms. The number of anilines is 1. The third-order valence-corrected chi connectivity index (χ3v) is 3.34. The molecule has 96 valence electrons. The molecule has 0 amide bonds. The third-order valence-electron chi connectivity index (χ3n) is 3.34. The van der Waals surface area contributed by atoms with Crippen LogP contribution >= 0.6 is 0 Å². The van der Waals surface area contributed by atoms with Crippen molar-refractivity contribution in [3.8, 4) is 0 Å². The highest BCUT2D eigenvalue weighted by atomic mass is 16.4. The Labute approximate surface area is 108 Å². The molecule has 0 radical (unpaired) electrons. The zero-order valence-electron chi connectivity index (χ0n) is 10.7.